The molecule has 1 unspecified atom stereocenters. The molecule has 1 fully saturated rings. The first-order valence-electron chi connectivity index (χ1n) is 11.6. The number of hydrogen-bond acceptors (Lipinski definition) is 7. The standard InChI is InChI=1S/C25H22Cl2N6O5S/c1-32(16-8-10-17(38-2)11-9-16)23(34)25(13-19(25)15-6-4-3-5-7-15)30-24(35)31-39(36,37)33-20-12-21(26)29-22(27)18(20)14-28-33/h3-12,14,19H,13H2,1-2H3,(H2,30,31,35)/t19?,25-/m0/s1. The normalized spacial score (nSPS) is 18.4. The lowest BCUT2D eigenvalue weighted by Gasteiger charge is -2.26. The van der Waals surface area contributed by atoms with Crippen LogP contribution in [0.5, 0.6) is 5.75 Å². The maximum atomic E-state index is 13.8. The Hall–Kier alpha value is -3.87. The fourth-order valence-electron chi connectivity index (χ4n) is 4.51. The van der Waals surface area contributed by atoms with Gasteiger partial charge in [-0.1, -0.05) is 53.5 Å². The summed E-state index contributed by atoms with van der Waals surface area (Å²) in [5.74, 6) is -0.173. The number of pyridine rings is 1. The monoisotopic (exact) mass is 588 g/mol. The van der Waals surface area contributed by atoms with Crippen LogP contribution in [0, 0.1) is 0 Å². The Balaban J connectivity index is 1.42. The molecule has 202 valence electrons. The molecule has 0 spiro atoms. The van der Waals surface area contributed by atoms with Crippen molar-refractivity contribution in [2.75, 3.05) is 19.1 Å². The van der Waals surface area contributed by atoms with Gasteiger partial charge < -0.3 is 15.0 Å². The first kappa shape index (κ1) is 26.7. The van der Waals surface area contributed by atoms with Crippen LogP contribution in [0.1, 0.15) is 17.9 Å². The lowest BCUT2D eigenvalue weighted by Crippen LogP contribution is -2.55. The second kappa shape index (κ2) is 10.0. The SMILES string of the molecule is COc1ccc(N(C)C(=O)[C@]2(NC(=O)NS(=O)(=O)n3ncc4c(Cl)nc(Cl)cc43)CC2c2ccccc2)cc1. The van der Waals surface area contributed by atoms with Gasteiger partial charge in [0.25, 0.3) is 5.91 Å². The van der Waals surface area contributed by atoms with Crippen molar-refractivity contribution >= 4 is 61.9 Å². The summed E-state index contributed by atoms with van der Waals surface area (Å²) in [6, 6.07) is 16.2. The molecule has 2 N–H and O–H groups in total. The van der Waals surface area contributed by atoms with E-state index in [1.807, 2.05) is 35.1 Å². The van der Waals surface area contributed by atoms with E-state index in [0.29, 0.717) is 15.5 Å². The Morgan fingerprint density at radius 1 is 1.13 bits per heavy atom. The fraction of sp³-hybridized carbons (Fsp3) is 0.200. The first-order chi connectivity index (χ1) is 18.6. The molecule has 0 saturated heterocycles. The van der Waals surface area contributed by atoms with Crippen LogP contribution in [0.2, 0.25) is 10.3 Å². The van der Waals surface area contributed by atoms with E-state index in [4.69, 9.17) is 27.9 Å². The van der Waals surface area contributed by atoms with Gasteiger partial charge in [-0.2, -0.15) is 13.5 Å². The molecule has 2 aromatic heterocycles. The van der Waals surface area contributed by atoms with Crippen molar-refractivity contribution < 1.29 is 22.7 Å². The van der Waals surface area contributed by atoms with Crippen LogP contribution in [0.4, 0.5) is 10.5 Å². The Labute approximate surface area is 233 Å². The van der Waals surface area contributed by atoms with Gasteiger partial charge >= 0.3 is 16.2 Å². The van der Waals surface area contributed by atoms with Crippen molar-refractivity contribution in [1.29, 1.82) is 0 Å². The van der Waals surface area contributed by atoms with E-state index in [1.165, 1.54) is 24.3 Å². The molecular weight excluding hydrogens is 567 g/mol. The molecule has 1 aliphatic rings. The zero-order valence-corrected chi connectivity index (χ0v) is 23.0. The molecule has 4 aromatic rings. The number of methoxy groups -OCH3 is 1. The molecule has 39 heavy (non-hydrogen) atoms. The molecule has 1 saturated carbocycles. The average molecular weight is 589 g/mol. The van der Waals surface area contributed by atoms with Crippen LogP contribution < -0.4 is 19.7 Å². The van der Waals surface area contributed by atoms with Gasteiger partial charge in [0.2, 0.25) is 0 Å². The summed E-state index contributed by atoms with van der Waals surface area (Å²) in [6.07, 6.45) is 1.46. The van der Waals surface area contributed by atoms with E-state index in [-0.39, 0.29) is 33.5 Å². The summed E-state index contributed by atoms with van der Waals surface area (Å²) in [6.45, 7) is 0. The number of amides is 3. The second-order valence-corrected chi connectivity index (χ2v) is 11.2. The highest BCUT2D eigenvalue weighted by molar-refractivity contribution is 7.88. The maximum Gasteiger partial charge on any atom is 0.347 e. The Morgan fingerprint density at radius 2 is 1.82 bits per heavy atom. The molecule has 1 aliphatic carbocycles. The molecule has 11 nitrogen and oxygen atoms in total. The highest BCUT2D eigenvalue weighted by atomic mass is 35.5. The minimum absolute atomic E-state index is 0.0268. The van der Waals surface area contributed by atoms with Crippen LogP contribution in [0.15, 0.2) is 66.9 Å². The molecule has 0 aliphatic heterocycles. The number of ether oxygens (including phenoxy) is 1. The summed E-state index contributed by atoms with van der Waals surface area (Å²) in [5, 5.41) is 6.59. The number of aromatic nitrogens is 3. The molecule has 14 heteroatoms. The molecular formula is C25H22Cl2N6O5S. The Bertz CT molecular complexity index is 1680. The van der Waals surface area contributed by atoms with Gasteiger partial charge in [0.15, 0.2) is 0 Å². The summed E-state index contributed by atoms with van der Waals surface area (Å²) in [5.41, 5.74) is 0.0308. The predicted octanol–water partition coefficient (Wildman–Crippen LogP) is 3.73. The van der Waals surface area contributed by atoms with Gasteiger partial charge in [-0.25, -0.2) is 14.5 Å². The number of rotatable bonds is 7. The second-order valence-electron chi connectivity index (χ2n) is 8.92. The van der Waals surface area contributed by atoms with Gasteiger partial charge in [0.1, 0.15) is 21.6 Å². The third kappa shape index (κ3) is 4.98. The van der Waals surface area contributed by atoms with Gasteiger partial charge in [-0.05, 0) is 36.2 Å². The molecule has 3 amide bonds. The number of nitrogens with one attached hydrogen (secondary N) is 2. The zero-order valence-electron chi connectivity index (χ0n) is 20.6. The van der Waals surface area contributed by atoms with Crippen LogP contribution >= 0.6 is 23.2 Å². The summed E-state index contributed by atoms with van der Waals surface area (Å²) in [7, 11) is -1.43. The maximum absolute atomic E-state index is 13.8. The fourth-order valence-corrected chi connectivity index (χ4v) is 5.93. The number of carbonyl (C=O) groups is 2. The van der Waals surface area contributed by atoms with Crippen molar-refractivity contribution in [3.63, 3.8) is 0 Å². The summed E-state index contributed by atoms with van der Waals surface area (Å²) < 4.78 is 33.9. The van der Waals surface area contributed by atoms with E-state index >= 15 is 0 Å². The van der Waals surface area contributed by atoms with Crippen molar-refractivity contribution in [3.05, 3.63) is 82.7 Å². The number of urea groups is 1. The molecule has 5 rings (SSSR count). The Kier molecular flexibility index (Phi) is 6.87. The summed E-state index contributed by atoms with van der Waals surface area (Å²) >= 11 is 12.0. The van der Waals surface area contributed by atoms with Gasteiger partial charge in [0, 0.05) is 24.7 Å². The largest absolute Gasteiger partial charge is 0.497 e. The van der Waals surface area contributed by atoms with Crippen molar-refractivity contribution in [3.8, 4) is 5.75 Å². The minimum atomic E-state index is -4.55. The highest BCUT2D eigenvalue weighted by Crippen LogP contribution is 2.52. The number of nitrogens with zero attached hydrogens (tertiary/aromatic N) is 4. The van der Waals surface area contributed by atoms with E-state index in [1.54, 1.807) is 31.3 Å². The lowest BCUT2D eigenvalue weighted by atomic mass is 10.0. The van der Waals surface area contributed by atoms with Crippen molar-refractivity contribution in [2.24, 2.45) is 0 Å². The smallest absolute Gasteiger partial charge is 0.347 e. The molecule has 2 atom stereocenters. The number of fused-ring (bicyclic) bond motifs is 1. The Morgan fingerprint density at radius 3 is 2.49 bits per heavy atom. The zero-order chi connectivity index (χ0) is 27.9. The van der Waals surface area contributed by atoms with Gasteiger partial charge in [-0.3, -0.25) is 4.79 Å². The van der Waals surface area contributed by atoms with Gasteiger partial charge in [0.05, 0.1) is 24.2 Å². The molecule has 2 aromatic carbocycles. The predicted molar refractivity (Wildman–Crippen MR) is 146 cm³/mol. The average Bonchev–Trinajstić information content (AvgIpc) is 3.46. The molecule has 0 radical (unpaired) electrons. The topological polar surface area (TPSA) is 136 Å². The van der Waals surface area contributed by atoms with Crippen molar-refractivity contribution in [2.45, 2.75) is 17.9 Å². The van der Waals surface area contributed by atoms with E-state index in [2.05, 4.69) is 15.4 Å². The van der Waals surface area contributed by atoms with Crippen LogP contribution in [-0.2, 0) is 15.0 Å². The number of carbonyl (C=O) groups excluding carboxylic acids is 2. The quantitative estimate of drug-likeness (QED) is 0.314. The van der Waals surface area contributed by atoms with Crippen LogP contribution in [0.25, 0.3) is 10.9 Å². The first-order valence-corrected chi connectivity index (χ1v) is 13.8. The third-order valence-electron chi connectivity index (χ3n) is 6.55. The molecule has 2 heterocycles. The van der Waals surface area contributed by atoms with E-state index < -0.39 is 27.7 Å². The minimum Gasteiger partial charge on any atom is -0.497 e. The van der Waals surface area contributed by atoms with Crippen LogP contribution in [0.3, 0.4) is 0 Å². The van der Waals surface area contributed by atoms with E-state index in [0.717, 1.165) is 5.56 Å². The van der Waals surface area contributed by atoms with Crippen LogP contribution in [-0.4, -0.2) is 54.2 Å². The number of anilines is 1. The lowest BCUT2D eigenvalue weighted by molar-refractivity contribution is -0.121. The van der Waals surface area contributed by atoms with E-state index in [9.17, 15) is 18.0 Å². The number of likely N-dealkylation sites (N-methyl/N-ethyl adjacent to an activating group) is 1. The highest BCUT2D eigenvalue weighted by Gasteiger charge is 2.63. The summed E-state index contributed by atoms with van der Waals surface area (Å²) in [4.78, 5) is 32.2. The third-order valence-corrected chi connectivity index (χ3v) is 8.22. The number of hydrogen-bond donors (Lipinski definition) is 2. The number of halogens is 2. The van der Waals surface area contributed by atoms with Crippen molar-refractivity contribution in [1.82, 2.24) is 24.2 Å². The molecule has 0 bridgehead atoms. The number of benzene rings is 2. The van der Waals surface area contributed by atoms with Gasteiger partial charge in [-0.15, -0.1) is 4.09 Å².